The van der Waals surface area contributed by atoms with Gasteiger partial charge in [-0.15, -0.1) is 6.58 Å². The van der Waals surface area contributed by atoms with Crippen molar-refractivity contribution >= 4 is 11.6 Å². The van der Waals surface area contributed by atoms with Crippen molar-refractivity contribution in [2.45, 2.75) is 32.1 Å². The fraction of sp³-hybridized carbons (Fsp3) is 0.467. The molecule has 1 aromatic carbocycles. The van der Waals surface area contributed by atoms with Gasteiger partial charge in [0.15, 0.2) is 0 Å². The maximum Gasteiger partial charge on any atom is 0.0897 e. The number of hydrogen-bond donors (Lipinski definition) is 2. The summed E-state index contributed by atoms with van der Waals surface area (Å²) >= 11 is 6.01. The maximum absolute atomic E-state index is 9.77. The van der Waals surface area contributed by atoms with Gasteiger partial charge >= 0.3 is 0 Å². The standard InChI is InChI=1S/C15H22ClNO2/c1-3-6-12(2)17-9-14(18)11-19-10-13-7-4-5-8-15(13)16/h3-5,7-8,12,14,17-18H,1,6,9-11H2,2H3. The van der Waals surface area contributed by atoms with E-state index in [4.69, 9.17) is 16.3 Å². The van der Waals surface area contributed by atoms with Crippen molar-refractivity contribution in [3.8, 4) is 0 Å². The number of aliphatic hydroxyl groups is 1. The lowest BCUT2D eigenvalue weighted by molar-refractivity contribution is 0.0279. The van der Waals surface area contributed by atoms with Crippen molar-refractivity contribution in [2.24, 2.45) is 0 Å². The quantitative estimate of drug-likeness (QED) is 0.685. The highest BCUT2D eigenvalue weighted by atomic mass is 35.5. The third-order valence-corrected chi connectivity index (χ3v) is 3.12. The van der Waals surface area contributed by atoms with Gasteiger partial charge in [-0.05, 0) is 25.0 Å². The molecule has 106 valence electrons. The van der Waals surface area contributed by atoms with E-state index < -0.39 is 6.10 Å². The Labute approximate surface area is 120 Å². The van der Waals surface area contributed by atoms with Crippen LogP contribution in [0.15, 0.2) is 36.9 Å². The Morgan fingerprint density at radius 2 is 2.21 bits per heavy atom. The van der Waals surface area contributed by atoms with E-state index in [0.717, 1.165) is 12.0 Å². The lowest BCUT2D eigenvalue weighted by Gasteiger charge is -2.16. The van der Waals surface area contributed by atoms with Crippen molar-refractivity contribution in [1.82, 2.24) is 5.32 Å². The summed E-state index contributed by atoms with van der Waals surface area (Å²) in [4.78, 5) is 0. The first kappa shape index (κ1) is 16.2. The highest BCUT2D eigenvalue weighted by molar-refractivity contribution is 6.31. The smallest absolute Gasteiger partial charge is 0.0897 e. The van der Waals surface area contributed by atoms with Gasteiger partial charge in [-0.1, -0.05) is 35.9 Å². The van der Waals surface area contributed by atoms with Gasteiger partial charge in [0, 0.05) is 17.6 Å². The fourth-order valence-corrected chi connectivity index (χ4v) is 1.84. The number of nitrogens with one attached hydrogen (secondary N) is 1. The number of rotatable bonds is 9. The molecule has 0 aliphatic carbocycles. The largest absolute Gasteiger partial charge is 0.389 e. The summed E-state index contributed by atoms with van der Waals surface area (Å²) in [6, 6.07) is 7.86. The Kier molecular flexibility index (Phi) is 7.75. The molecule has 0 fully saturated rings. The second-order valence-corrected chi connectivity index (χ2v) is 5.00. The minimum absolute atomic E-state index is 0.291. The molecule has 19 heavy (non-hydrogen) atoms. The first-order valence-corrected chi connectivity index (χ1v) is 6.84. The number of benzene rings is 1. The zero-order chi connectivity index (χ0) is 14.1. The van der Waals surface area contributed by atoms with Gasteiger partial charge in [0.1, 0.15) is 0 Å². The molecule has 0 bridgehead atoms. The Balaban J connectivity index is 2.18. The first-order valence-electron chi connectivity index (χ1n) is 6.47. The molecule has 0 aliphatic heterocycles. The molecule has 4 heteroatoms. The van der Waals surface area contributed by atoms with Crippen LogP contribution in [0.3, 0.4) is 0 Å². The zero-order valence-electron chi connectivity index (χ0n) is 11.3. The highest BCUT2D eigenvalue weighted by Gasteiger charge is 2.07. The SMILES string of the molecule is C=CCC(C)NCC(O)COCc1ccccc1Cl. The molecule has 2 unspecified atom stereocenters. The second kappa shape index (κ2) is 9.10. The molecule has 0 radical (unpaired) electrons. The summed E-state index contributed by atoms with van der Waals surface area (Å²) in [7, 11) is 0. The van der Waals surface area contributed by atoms with Gasteiger partial charge in [-0.3, -0.25) is 0 Å². The van der Waals surface area contributed by atoms with Crippen LogP contribution in [0.25, 0.3) is 0 Å². The van der Waals surface area contributed by atoms with Crippen LogP contribution in [0.5, 0.6) is 0 Å². The van der Waals surface area contributed by atoms with Crippen molar-refractivity contribution < 1.29 is 9.84 Å². The summed E-state index contributed by atoms with van der Waals surface area (Å²) in [5.74, 6) is 0. The Hall–Kier alpha value is -0.870. The topological polar surface area (TPSA) is 41.5 Å². The molecule has 0 aliphatic rings. The predicted molar refractivity (Wildman–Crippen MR) is 79.4 cm³/mol. The van der Waals surface area contributed by atoms with Crippen LogP contribution in [0.4, 0.5) is 0 Å². The normalized spacial score (nSPS) is 14.1. The van der Waals surface area contributed by atoms with Crippen LogP contribution in [0, 0.1) is 0 Å². The molecule has 0 aromatic heterocycles. The third kappa shape index (κ3) is 6.73. The monoisotopic (exact) mass is 283 g/mol. The van der Waals surface area contributed by atoms with Gasteiger partial charge in [0.2, 0.25) is 0 Å². The minimum atomic E-state index is -0.519. The van der Waals surface area contributed by atoms with Gasteiger partial charge in [0.05, 0.1) is 19.3 Å². The second-order valence-electron chi connectivity index (χ2n) is 4.59. The molecule has 0 spiro atoms. The van der Waals surface area contributed by atoms with E-state index in [1.165, 1.54) is 0 Å². The summed E-state index contributed by atoms with van der Waals surface area (Å²) in [6.07, 6.45) is 2.22. The molecular formula is C15H22ClNO2. The molecule has 2 atom stereocenters. The Morgan fingerprint density at radius 1 is 1.47 bits per heavy atom. The summed E-state index contributed by atoms with van der Waals surface area (Å²) < 4.78 is 5.46. The lowest BCUT2D eigenvalue weighted by atomic mass is 10.2. The van der Waals surface area contributed by atoms with Crippen LogP contribution in [-0.4, -0.2) is 30.4 Å². The Morgan fingerprint density at radius 3 is 2.89 bits per heavy atom. The average molecular weight is 284 g/mol. The van der Waals surface area contributed by atoms with Crippen molar-refractivity contribution in [3.63, 3.8) is 0 Å². The number of aliphatic hydroxyl groups excluding tert-OH is 1. The van der Waals surface area contributed by atoms with E-state index in [0.29, 0.717) is 30.8 Å². The molecule has 0 heterocycles. The molecule has 3 nitrogen and oxygen atoms in total. The molecule has 1 aromatic rings. The fourth-order valence-electron chi connectivity index (χ4n) is 1.65. The maximum atomic E-state index is 9.77. The first-order chi connectivity index (χ1) is 9.13. The van der Waals surface area contributed by atoms with E-state index >= 15 is 0 Å². The number of ether oxygens (including phenoxy) is 1. The summed E-state index contributed by atoms with van der Waals surface area (Å²) in [5.41, 5.74) is 0.935. The van der Waals surface area contributed by atoms with Crippen molar-refractivity contribution in [3.05, 3.63) is 47.5 Å². The van der Waals surface area contributed by atoms with E-state index in [9.17, 15) is 5.11 Å². The van der Waals surface area contributed by atoms with Gasteiger partial charge in [-0.2, -0.15) is 0 Å². The van der Waals surface area contributed by atoms with Crippen molar-refractivity contribution in [1.29, 1.82) is 0 Å². The molecule has 0 amide bonds. The number of halogens is 1. The molecule has 2 N–H and O–H groups in total. The van der Waals surface area contributed by atoms with Crippen molar-refractivity contribution in [2.75, 3.05) is 13.2 Å². The summed E-state index contributed by atoms with van der Waals surface area (Å²) in [5, 5.41) is 13.7. The predicted octanol–water partition coefficient (Wildman–Crippen LogP) is 2.77. The minimum Gasteiger partial charge on any atom is -0.389 e. The molecule has 1 rings (SSSR count). The Bertz CT molecular complexity index is 384. The third-order valence-electron chi connectivity index (χ3n) is 2.75. The molecule has 0 saturated heterocycles. The molecule has 0 saturated carbocycles. The number of hydrogen-bond acceptors (Lipinski definition) is 3. The van der Waals surface area contributed by atoms with Crippen LogP contribution in [0.1, 0.15) is 18.9 Å². The lowest BCUT2D eigenvalue weighted by Crippen LogP contribution is -2.35. The van der Waals surface area contributed by atoms with Crippen LogP contribution in [0.2, 0.25) is 5.02 Å². The zero-order valence-corrected chi connectivity index (χ0v) is 12.1. The van der Waals surface area contributed by atoms with E-state index in [1.54, 1.807) is 0 Å². The van der Waals surface area contributed by atoms with E-state index in [1.807, 2.05) is 30.3 Å². The van der Waals surface area contributed by atoms with E-state index in [-0.39, 0.29) is 0 Å². The van der Waals surface area contributed by atoms with Crippen LogP contribution in [-0.2, 0) is 11.3 Å². The summed E-state index contributed by atoms with van der Waals surface area (Å²) in [6.45, 7) is 6.95. The average Bonchev–Trinajstić information content (AvgIpc) is 2.39. The van der Waals surface area contributed by atoms with E-state index in [2.05, 4.69) is 18.8 Å². The van der Waals surface area contributed by atoms with Gasteiger partial charge in [-0.25, -0.2) is 0 Å². The van der Waals surface area contributed by atoms with Crippen LogP contribution < -0.4 is 5.32 Å². The van der Waals surface area contributed by atoms with Gasteiger partial charge in [0.25, 0.3) is 0 Å². The van der Waals surface area contributed by atoms with Gasteiger partial charge < -0.3 is 15.2 Å². The van der Waals surface area contributed by atoms with Crippen LogP contribution >= 0.6 is 11.6 Å². The highest BCUT2D eigenvalue weighted by Crippen LogP contribution is 2.15. The molecular weight excluding hydrogens is 262 g/mol.